The Kier molecular flexibility index (Phi) is 15.1. The van der Waals surface area contributed by atoms with E-state index in [-0.39, 0.29) is 30.3 Å². The van der Waals surface area contributed by atoms with E-state index in [1.165, 1.54) is 12.8 Å². The summed E-state index contributed by atoms with van der Waals surface area (Å²) in [6.07, 6.45) is 3.56. The van der Waals surface area contributed by atoms with Crippen LogP contribution in [0.4, 0.5) is 10.5 Å². The molecule has 2 atom stereocenters. The lowest BCUT2D eigenvalue weighted by molar-refractivity contribution is -0.122. The fourth-order valence-electron chi connectivity index (χ4n) is 4.52. The topological polar surface area (TPSA) is 156 Å². The highest BCUT2D eigenvalue weighted by Gasteiger charge is 2.24. The number of aryl methyl sites for hydroxylation is 1. The van der Waals surface area contributed by atoms with Crippen LogP contribution in [0.5, 0.6) is 0 Å². The minimum absolute atomic E-state index is 0.00120. The molecule has 5 rings (SSSR count). The predicted octanol–water partition coefficient (Wildman–Crippen LogP) is 4.89. The molecule has 2 aromatic carbocycles. The lowest BCUT2D eigenvalue weighted by atomic mass is 10.0. The number of carbonyl (C=O) groups excluding carboxylic acids is 4. The maximum Gasteiger partial charge on any atom is 0.414 e. The van der Waals surface area contributed by atoms with Crippen LogP contribution in [0.3, 0.4) is 0 Å². The van der Waals surface area contributed by atoms with E-state index in [9.17, 15) is 14.4 Å². The van der Waals surface area contributed by atoms with Crippen LogP contribution in [0.2, 0.25) is 0 Å². The lowest BCUT2D eigenvalue weighted by Crippen LogP contribution is -2.43. The summed E-state index contributed by atoms with van der Waals surface area (Å²) in [6.45, 7) is 8.01. The Morgan fingerprint density at radius 2 is 1.91 bits per heavy atom. The van der Waals surface area contributed by atoms with Gasteiger partial charge in [0, 0.05) is 39.9 Å². The van der Waals surface area contributed by atoms with Crippen molar-refractivity contribution in [1.29, 1.82) is 0 Å². The summed E-state index contributed by atoms with van der Waals surface area (Å²) >= 11 is 5.07. The van der Waals surface area contributed by atoms with Crippen LogP contribution in [-0.4, -0.2) is 61.6 Å². The molecule has 1 aromatic heterocycles. The molecule has 11 nitrogen and oxygen atoms in total. The van der Waals surface area contributed by atoms with Crippen LogP contribution < -0.4 is 26.6 Å². The molecule has 0 bridgehead atoms. The van der Waals surface area contributed by atoms with Gasteiger partial charge in [-0.25, -0.2) is 4.79 Å². The van der Waals surface area contributed by atoms with E-state index in [1.807, 2.05) is 68.1 Å². The summed E-state index contributed by atoms with van der Waals surface area (Å²) in [6, 6.07) is 12.8. The van der Waals surface area contributed by atoms with Gasteiger partial charge in [0.2, 0.25) is 12.3 Å². The van der Waals surface area contributed by atoms with Gasteiger partial charge in [-0.1, -0.05) is 28.1 Å². The second-order valence-corrected chi connectivity index (χ2v) is 12.8. The van der Waals surface area contributed by atoms with Gasteiger partial charge in [-0.2, -0.15) is 0 Å². The quantitative estimate of drug-likeness (QED) is 0.206. The zero-order valence-corrected chi connectivity index (χ0v) is 28.9. The van der Waals surface area contributed by atoms with Crippen molar-refractivity contribution in [2.45, 2.75) is 58.5 Å². The van der Waals surface area contributed by atoms with E-state index >= 15 is 0 Å². The third kappa shape index (κ3) is 12.5. The number of nitrogens with one attached hydrogen (secondary N) is 3. The van der Waals surface area contributed by atoms with E-state index in [0.29, 0.717) is 43.3 Å². The Morgan fingerprint density at radius 1 is 1.20 bits per heavy atom. The maximum absolute atomic E-state index is 13.2. The molecule has 4 amide bonds. The SMILES string of the molecule is CC(NCCc1cc(C(=O)N[C@H](C)c2ccc(Br)cc2)cc(N2CCCOC2=O)c1)C(=O)NCC1CC1.Cc1cscn1.NC=O. The number of amides is 4. The summed E-state index contributed by atoms with van der Waals surface area (Å²) < 4.78 is 6.20. The highest BCUT2D eigenvalue weighted by atomic mass is 79.9. The number of nitrogens with two attached hydrogens (primary N) is 1. The molecule has 0 radical (unpaired) electrons. The first-order valence-electron chi connectivity index (χ1n) is 15.3. The first-order chi connectivity index (χ1) is 22.1. The number of rotatable bonds is 11. The second-order valence-electron chi connectivity index (χ2n) is 11.1. The molecule has 0 spiro atoms. The zero-order chi connectivity index (χ0) is 33.5. The van der Waals surface area contributed by atoms with E-state index in [4.69, 9.17) is 9.53 Å². The number of anilines is 1. The molecule has 1 unspecified atom stereocenters. The number of hydrogen-bond donors (Lipinski definition) is 4. The van der Waals surface area contributed by atoms with Crippen molar-refractivity contribution in [2.24, 2.45) is 11.7 Å². The molecular weight excluding hydrogens is 672 g/mol. The first-order valence-corrected chi connectivity index (χ1v) is 17.0. The van der Waals surface area contributed by atoms with E-state index in [0.717, 1.165) is 34.3 Å². The van der Waals surface area contributed by atoms with E-state index in [2.05, 4.69) is 42.6 Å². The van der Waals surface area contributed by atoms with Crippen molar-refractivity contribution in [3.05, 3.63) is 80.2 Å². The van der Waals surface area contributed by atoms with Gasteiger partial charge in [-0.3, -0.25) is 24.3 Å². The molecule has 5 N–H and O–H groups in total. The normalized spacial score (nSPS) is 15.1. The fourth-order valence-corrected chi connectivity index (χ4v) is 5.33. The number of ether oxygens (including phenoxy) is 1. The number of carbonyl (C=O) groups is 4. The van der Waals surface area contributed by atoms with Gasteiger partial charge in [-0.15, -0.1) is 11.3 Å². The minimum Gasteiger partial charge on any atom is -0.449 e. The van der Waals surface area contributed by atoms with Crippen molar-refractivity contribution in [3.8, 4) is 0 Å². The highest BCUT2D eigenvalue weighted by molar-refractivity contribution is 9.10. The Hall–Kier alpha value is -3.81. The maximum atomic E-state index is 13.2. The number of thiazole rings is 1. The number of nitrogens with zero attached hydrogens (tertiary/aromatic N) is 2. The predicted molar refractivity (Wildman–Crippen MR) is 184 cm³/mol. The van der Waals surface area contributed by atoms with Gasteiger partial charge in [-0.05, 0) is 100 Å². The molecule has 3 aromatic rings. The monoisotopic (exact) mass is 714 g/mol. The second kappa shape index (κ2) is 19.0. The third-order valence-electron chi connectivity index (χ3n) is 7.32. The lowest BCUT2D eigenvalue weighted by Gasteiger charge is -2.27. The average molecular weight is 716 g/mol. The van der Waals surface area contributed by atoms with Crippen LogP contribution in [-0.2, 0) is 20.7 Å². The molecule has 2 heterocycles. The van der Waals surface area contributed by atoms with Gasteiger partial charge in [0.05, 0.1) is 24.2 Å². The molecule has 1 saturated carbocycles. The van der Waals surface area contributed by atoms with Gasteiger partial charge >= 0.3 is 6.09 Å². The van der Waals surface area contributed by atoms with Crippen molar-refractivity contribution in [3.63, 3.8) is 0 Å². The zero-order valence-electron chi connectivity index (χ0n) is 26.5. The summed E-state index contributed by atoms with van der Waals surface area (Å²) in [7, 11) is 0. The summed E-state index contributed by atoms with van der Waals surface area (Å²) in [5, 5.41) is 11.3. The van der Waals surface area contributed by atoms with Crippen molar-refractivity contribution in [1.82, 2.24) is 20.9 Å². The third-order valence-corrected chi connectivity index (χ3v) is 8.55. The Balaban J connectivity index is 0.000000557. The molecule has 2 fully saturated rings. The number of halogens is 1. The van der Waals surface area contributed by atoms with Crippen molar-refractivity contribution in [2.75, 3.05) is 31.1 Å². The minimum atomic E-state index is -0.405. The Labute approximate surface area is 282 Å². The van der Waals surface area contributed by atoms with Crippen LogP contribution in [0.15, 0.2) is 57.8 Å². The molecule has 1 saturated heterocycles. The number of primary amides is 1. The van der Waals surface area contributed by atoms with Crippen molar-refractivity contribution >= 4 is 57.3 Å². The summed E-state index contributed by atoms with van der Waals surface area (Å²) in [5.74, 6) is 0.416. The van der Waals surface area contributed by atoms with E-state index < -0.39 is 6.09 Å². The van der Waals surface area contributed by atoms with Gasteiger partial charge in [0.1, 0.15) is 0 Å². The molecule has 46 heavy (non-hydrogen) atoms. The molecule has 1 aliphatic heterocycles. The molecular formula is C33H43BrN6O5S. The summed E-state index contributed by atoms with van der Waals surface area (Å²) in [5.41, 5.74) is 10.1. The van der Waals surface area contributed by atoms with Crippen molar-refractivity contribution < 1.29 is 23.9 Å². The Bertz CT molecular complexity index is 1420. The highest BCUT2D eigenvalue weighted by Crippen LogP contribution is 2.27. The number of benzene rings is 2. The molecule has 1 aliphatic carbocycles. The van der Waals surface area contributed by atoms with Crippen LogP contribution in [0, 0.1) is 12.8 Å². The largest absolute Gasteiger partial charge is 0.449 e. The number of aromatic nitrogens is 1. The smallest absolute Gasteiger partial charge is 0.414 e. The van der Waals surface area contributed by atoms with Gasteiger partial charge in [0.25, 0.3) is 5.91 Å². The first kappa shape index (κ1) is 36.7. The number of hydrogen-bond acceptors (Lipinski definition) is 8. The number of cyclic esters (lactones) is 1. The van der Waals surface area contributed by atoms with Crippen LogP contribution in [0.1, 0.15) is 66.3 Å². The Morgan fingerprint density at radius 3 is 2.50 bits per heavy atom. The summed E-state index contributed by atoms with van der Waals surface area (Å²) in [4.78, 5) is 52.1. The van der Waals surface area contributed by atoms with E-state index in [1.54, 1.807) is 22.3 Å². The van der Waals surface area contributed by atoms with Gasteiger partial charge < -0.3 is 26.4 Å². The van der Waals surface area contributed by atoms with Gasteiger partial charge in [0.15, 0.2) is 0 Å². The van der Waals surface area contributed by atoms with Crippen LogP contribution >= 0.6 is 27.3 Å². The molecule has 2 aliphatic rings. The average Bonchev–Trinajstić information content (AvgIpc) is 3.76. The molecule has 13 heteroatoms. The fraction of sp³-hybridized carbons (Fsp3) is 0.424. The standard InChI is InChI=1S/C28H35BrN4O4.C4H5NS.CH3NO/c1-18(22-6-8-24(29)9-7-22)32-27(35)23-14-21(15-25(16-23)33-12-3-13-37-28(33)36)10-11-30-19(2)26(34)31-17-20-4-5-20;1-4-2-6-3-5-4;2-1-3/h6-9,14-16,18-20,30H,3-5,10-13,17H2,1-2H3,(H,31,34)(H,32,35);2-3H,1H3;1H,(H2,2,3)/t18-,19?;;/m1../s1. The molecule has 248 valence electrons. The van der Waals surface area contributed by atoms with Crippen LogP contribution in [0.25, 0.3) is 0 Å².